The van der Waals surface area contributed by atoms with Gasteiger partial charge in [-0.15, -0.1) is 0 Å². The van der Waals surface area contributed by atoms with Crippen molar-refractivity contribution >= 4 is 17.6 Å². The van der Waals surface area contributed by atoms with E-state index in [2.05, 4.69) is 15.5 Å². The minimum atomic E-state index is -0.979. The second-order valence-corrected chi connectivity index (χ2v) is 5.59. The van der Waals surface area contributed by atoms with Crippen LogP contribution in [0.4, 0.5) is 5.69 Å². The van der Waals surface area contributed by atoms with E-state index >= 15 is 0 Å². The molecule has 0 atom stereocenters. The van der Waals surface area contributed by atoms with Crippen molar-refractivity contribution in [3.05, 3.63) is 41.0 Å². The molecular formula is C17H21N3O4. The molecule has 0 bridgehead atoms. The largest absolute Gasteiger partial charge is 0.478 e. The maximum absolute atomic E-state index is 11.9. The molecule has 128 valence electrons. The zero-order valence-corrected chi connectivity index (χ0v) is 13.8. The highest BCUT2D eigenvalue weighted by Crippen LogP contribution is 2.16. The first kappa shape index (κ1) is 17.7. The second kappa shape index (κ2) is 8.24. The van der Waals surface area contributed by atoms with E-state index in [-0.39, 0.29) is 11.5 Å². The molecule has 1 amide bonds. The molecule has 1 aromatic heterocycles. The molecule has 2 N–H and O–H groups in total. The molecule has 0 aliphatic heterocycles. The van der Waals surface area contributed by atoms with Crippen molar-refractivity contribution in [2.75, 3.05) is 5.32 Å². The Morgan fingerprint density at radius 3 is 2.75 bits per heavy atom. The summed E-state index contributed by atoms with van der Waals surface area (Å²) in [5.41, 5.74) is 1.42. The smallest absolute Gasteiger partial charge is 0.335 e. The molecule has 0 fully saturated rings. The Hall–Kier alpha value is -2.70. The lowest BCUT2D eigenvalue weighted by molar-refractivity contribution is -0.116. The van der Waals surface area contributed by atoms with Gasteiger partial charge in [0, 0.05) is 24.9 Å². The normalized spacial score (nSPS) is 10.6. The van der Waals surface area contributed by atoms with Crippen LogP contribution in [0.2, 0.25) is 0 Å². The van der Waals surface area contributed by atoms with Crippen LogP contribution in [-0.2, 0) is 17.6 Å². The van der Waals surface area contributed by atoms with E-state index in [0.717, 1.165) is 12.8 Å². The molecule has 7 nitrogen and oxygen atoms in total. The molecule has 1 heterocycles. The number of rotatable bonds is 8. The van der Waals surface area contributed by atoms with Gasteiger partial charge in [-0.2, -0.15) is 4.98 Å². The van der Waals surface area contributed by atoms with Gasteiger partial charge in [0.1, 0.15) is 0 Å². The van der Waals surface area contributed by atoms with Crippen molar-refractivity contribution in [3.63, 3.8) is 0 Å². The average Bonchev–Trinajstić information content (AvgIpc) is 2.95. The summed E-state index contributed by atoms with van der Waals surface area (Å²) < 4.78 is 5.12. The zero-order valence-electron chi connectivity index (χ0n) is 13.8. The molecule has 0 unspecified atom stereocenters. The molecule has 1 aromatic carbocycles. The predicted octanol–water partition coefficient (Wildman–Crippen LogP) is 2.99. The fourth-order valence-corrected chi connectivity index (χ4v) is 2.32. The number of nitrogens with zero attached hydrogens (tertiary/aromatic N) is 2. The third-order valence-electron chi connectivity index (χ3n) is 3.52. The van der Waals surface area contributed by atoms with Crippen molar-refractivity contribution in [1.82, 2.24) is 10.1 Å². The Bertz CT molecular complexity index is 724. The summed E-state index contributed by atoms with van der Waals surface area (Å²) in [6, 6.07) is 4.72. The topological polar surface area (TPSA) is 105 Å². The van der Waals surface area contributed by atoms with Crippen LogP contribution >= 0.6 is 0 Å². The number of carbonyl (C=O) groups excluding carboxylic acids is 1. The summed E-state index contributed by atoms with van der Waals surface area (Å²) in [4.78, 5) is 27.2. The van der Waals surface area contributed by atoms with E-state index in [1.165, 1.54) is 6.07 Å². The van der Waals surface area contributed by atoms with E-state index in [9.17, 15) is 9.59 Å². The van der Waals surface area contributed by atoms with Crippen LogP contribution in [0.3, 0.4) is 0 Å². The van der Waals surface area contributed by atoms with Crippen LogP contribution in [0.15, 0.2) is 22.7 Å². The number of aromatic nitrogens is 2. The van der Waals surface area contributed by atoms with Gasteiger partial charge in [-0.25, -0.2) is 4.79 Å². The number of carboxylic acid groups (broad SMARTS) is 1. The molecule has 7 heteroatoms. The molecule has 24 heavy (non-hydrogen) atoms. The minimum absolute atomic E-state index is 0.134. The lowest BCUT2D eigenvalue weighted by atomic mass is 10.1. The predicted molar refractivity (Wildman–Crippen MR) is 88.0 cm³/mol. The van der Waals surface area contributed by atoms with E-state index in [4.69, 9.17) is 9.63 Å². The number of benzene rings is 1. The van der Waals surface area contributed by atoms with Crippen molar-refractivity contribution in [2.45, 2.75) is 46.0 Å². The average molecular weight is 331 g/mol. The number of carbonyl (C=O) groups is 2. The number of hydrogen-bond donors (Lipinski definition) is 2. The van der Waals surface area contributed by atoms with E-state index in [1.807, 2.05) is 6.92 Å². The molecule has 2 aromatic rings. The van der Waals surface area contributed by atoms with Gasteiger partial charge in [0.05, 0.1) is 5.56 Å². The molecular weight excluding hydrogens is 310 g/mol. The van der Waals surface area contributed by atoms with Crippen LogP contribution in [-0.4, -0.2) is 27.1 Å². The molecule has 0 aliphatic rings. The third-order valence-corrected chi connectivity index (χ3v) is 3.52. The molecule has 0 radical (unpaired) electrons. The number of carboxylic acids is 1. The maximum atomic E-state index is 11.9. The molecule has 0 saturated carbocycles. The summed E-state index contributed by atoms with van der Waals surface area (Å²) in [7, 11) is 0. The number of aryl methyl sites for hydroxylation is 3. The first-order chi connectivity index (χ1) is 11.5. The van der Waals surface area contributed by atoms with Crippen molar-refractivity contribution in [1.29, 1.82) is 0 Å². The lowest BCUT2D eigenvalue weighted by Crippen LogP contribution is -2.12. The van der Waals surface area contributed by atoms with Crippen LogP contribution < -0.4 is 5.32 Å². The fourth-order valence-electron chi connectivity index (χ4n) is 2.32. The first-order valence-electron chi connectivity index (χ1n) is 7.95. The van der Waals surface area contributed by atoms with E-state index < -0.39 is 5.97 Å². The van der Waals surface area contributed by atoms with Gasteiger partial charge in [0.15, 0.2) is 5.82 Å². The Balaban J connectivity index is 1.80. The Morgan fingerprint density at radius 1 is 1.29 bits per heavy atom. The highest BCUT2D eigenvalue weighted by molar-refractivity contribution is 5.93. The monoisotopic (exact) mass is 331 g/mol. The van der Waals surface area contributed by atoms with Crippen molar-refractivity contribution in [2.24, 2.45) is 0 Å². The van der Waals surface area contributed by atoms with Crippen molar-refractivity contribution < 1.29 is 19.2 Å². The maximum Gasteiger partial charge on any atom is 0.335 e. The molecule has 0 spiro atoms. The van der Waals surface area contributed by atoms with Gasteiger partial charge in [-0.3, -0.25) is 4.79 Å². The summed E-state index contributed by atoms with van der Waals surface area (Å²) >= 11 is 0. The van der Waals surface area contributed by atoms with Gasteiger partial charge < -0.3 is 14.9 Å². The molecule has 0 saturated heterocycles. The standard InChI is InChI=1S/C17H21N3O4/c1-3-5-14-19-16(24-20-14)7-4-6-15(21)18-12-8-9-13(17(22)23)11(2)10-12/h8-10H,3-7H2,1-2H3,(H,18,21)(H,22,23). The first-order valence-corrected chi connectivity index (χ1v) is 7.95. The molecule has 0 aliphatic carbocycles. The SMILES string of the molecule is CCCc1noc(CCCC(=O)Nc2ccc(C(=O)O)c(C)c2)n1. The van der Waals surface area contributed by atoms with Crippen molar-refractivity contribution in [3.8, 4) is 0 Å². The summed E-state index contributed by atoms with van der Waals surface area (Å²) in [5, 5.41) is 15.6. The van der Waals surface area contributed by atoms with Crippen LogP contribution in [0.25, 0.3) is 0 Å². The number of nitrogens with one attached hydrogen (secondary N) is 1. The number of hydrogen-bond acceptors (Lipinski definition) is 5. The highest BCUT2D eigenvalue weighted by atomic mass is 16.5. The van der Waals surface area contributed by atoms with Gasteiger partial charge in [-0.05, 0) is 43.5 Å². The Kier molecular flexibility index (Phi) is 6.06. The quantitative estimate of drug-likeness (QED) is 0.770. The fraction of sp³-hybridized carbons (Fsp3) is 0.412. The second-order valence-electron chi connectivity index (χ2n) is 5.59. The summed E-state index contributed by atoms with van der Waals surface area (Å²) in [6.07, 6.45) is 3.23. The van der Waals surface area contributed by atoms with Gasteiger partial charge >= 0.3 is 5.97 Å². The van der Waals surface area contributed by atoms with Crippen LogP contribution in [0.1, 0.15) is 53.8 Å². The van der Waals surface area contributed by atoms with E-state index in [0.29, 0.717) is 42.2 Å². The highest BCUT2D eigenvalue weighted by Gasteiger charge is 2.10. The van der Waals surface area contributed by atoms with Crippen LogP contribution in [0, 0.1) is 6.92 Å². The summed E-state index contributed by atoms with van der Waals surface area (Å²) in [6.45, 7) is 3.74. The van der Waals surface area contributed by atoms with Crippen LogP contribution in [0.5, 0.6) is 0 Å². The third kappa shape index (κ3) is 4.91. The van der Waals surface area contributed by atoms with Gasteiger partial charge in [0.2, 0.25) is 11.8 Å². The lowest BCUT2D eigenvalue weighted by Gasteiger charge is -2.07. The Labute approximate surface area is 140 Å². The Morgan fingerprint density at radius 2 is 2.08 bits per heavy atom. The number of amides is 1. The van der Waals surface area contributed by atoms with Gasteiger partial charge in [-0.1, -0.05) is 12.1 Å². The zero-order chi connectivity index (χ0) is 17.5. The molecule has 2 rings (SSSR count). The number of aromatic carboxylic acids is 1. The summed E-state index contributed by atoms with van der Waals surface area (Å²) in [5.74, 6) is 0.136. The van der Waals surface area contributed by atoms with Gasteiger partial charge in [0.25, 0.3) is 0 Å². The van der Waals surface area contributed by atoms with E-state index in [1.54, 1.807) is 19.1 Å². The minimum Gasteiger partial charge on any atom is -0.478 e. The number of anilines is 1.